The molecule has 0 aliphatic heterocycles. The molecule has 10 heteroatoms. The molecular formula is C20H20N4O5S. The highest BCUT2D eigenvalue weighted by Crippen LogP contribution is 2.20. The Labute approximate surface area is 174 Å². The molecule has 3 rings (SSSR count). The normalized spacial score (nSPS) is 10.9. The van der Waals surface area contributed by atoms with Crippen molar-refractivity contribution in [1.29, 1.82) is 0 Å². The van der Waals surface area contributed by atoms with Crippen molar-refractivity contribution < 1.29 is 22.7 Å². The van der Waals surface area contributed by atoms with Crippen molar-refractivity contribution in [1.82, 2.24) is 9.97 Å². The Balaban J connectivity index is 1.70. The molecule has 0 spiro atoms. The van der Waals surface area contributed by atoms with Crippen molar-refractivity contribution in [3.05, 3.63) is 66.5 Å². The number of hydrogen-bond acceptors (Lipinski definition) is 7. The van der Waals surface area contributed by atoms with Crippen LogP contribution in [0.2, 0.25) is 0 Å². The number of carbonyl (C=O) groups excluding carboxylic acids is 1. The molecule has 0 atom stereocenters. The molecule has 0 unspecified atom stereocenters. The zero-order valence-electron chi connectivity index (χ0n) is 16.3. The van der Waals surface area contributed by atoms with E-state index in [4.69, 9.17) is 9.47 Å². The largest absolute Gasteiger partial charge is 0.494 e. The van der Waals surface area contributed by atoms with Gasteiger partial charge >= 0.3 is 0 Å². The summed E-state index contributed by atoms with van der Waals surface area (Å²) in [5.41, 5.74) is 0.876. The molecule has 0 bridgehead atoms. The fourth-order valence-electron chi connectivity index (χ4n) is 2.52. The summed E-state index contributed by atoms with van der Waals surface area (Å²) in [6.07, 6.45) is 1.19. The molecule has 0 aliphatic rings. The van der Waals surface area contributed by atoms with Crippen molar-refractivity contribution in [2.24, 2.45) is 0 Å². The lowest BCUT2D eigenvalue weighted by molar-refractivity contribution is 0.102. The summed E-state index contributed by atoms with van der Waals surface area (Å²) in [6.45, 7) is 2.36. The van der Waals surface area contributed by atoms with Crippen molar-refractivity contribution in [2.45, 2.75) is 11.8 Å². The number of ether oxygens (including phenoxy) is 2. The Kier molecular flexibility index (Phi) is 6.48. The van der Waals surface area contributed by atoms with Gasteiger partial charge in [-0.2, -0.15) is 0 Å². The van der Waals surface area contributed by atoms with Gasteiger partial charge in [-0.15, -0.1) is 0 Å². The SMILES string of the molecule is CCOc1cccc(C(=O)Nc2ccc(S(=O)(=O)Nc3cc(OC)ncn3)cc2)c1. The number of sulfonamides is 1. The van der Waals surface area contributed by atoms with E-state index in [2.05, 4.69) is 20.0 Å². The molecule has 0 aliphatic carbocycles. The summed E-state index contributed by atoms with van der Waals surface area (Å²) in [6, 6.07) is 13.9. The molecular weight excluding hydrogens is 408 g/mol. The molecule has 2 N–H and O–H groups in total. The van der Waals surface area contributed by atoms with Crippen LogP contribution >= 0.6 is 0 Å². The molecule has 1 amide bonds. The van der Waals surface area contributed by atoms with Crippen molar-refractivity contribution in [2.75, 3.05) is 23.8 Å². The van der Waals surface area contributed by atoms with Crippen molar-refractivity contribution >= 4 is 27.4 Å². The first kappa shape index (κ1) is 21.1. The van der Waals surface area contributed by atoms with E-state index in [1.165, 1.54) is 43.8 Å². The third-order valence-electron chi connectivity index (χ3n) is 3.92. The van der Waals surface area contributed by atoms with E-state index in [0.29, 0.717) is 23.6 Å². The Morgan fingerprint density at radius 3 is 2.53 bits per heavy atom. The van der Waals surface area contributed by atoms with E-state index in [-0.39, 0.29) is 22.5 Å². The van der Waals surface area contributed by atoms with Gasteiger partial charge in [0.1, 0.15) is 17.9 Å². The minimum absolute atomic E-state index is 0.0106. The monoisotopic (exact) mass is 428 g/mol. The molecule has 156 valence electrons. The molecule has 3 aromatic rings. The van der Waals surface area contributed by atoms with E-state index < -0.39 is 10.0 Å². The quantitative estimate of drug-likeness (QED) is 0.566. The highest BCUT2D eigenvalue weighted by atomic mass is 32.2. The van der Waals surface area contributed by atoms with Crippen LogP contribution in [0.15, 0.2) is 65.8 Å². The van der Waals surface area contributed by atoms with Gasteiger partial charge in [0.25, 0.3) is 15.9 Å². The average Bonchev–Trinajstić information content (AvgIpc) is 2.74. The molecule has 0 fully saturated rings. The van der Waals surface area contributed by atoms with Crippen LogP contribution in [0, 0.1) is 0 Å². The first-order valence-electron chi connectivity index (χ1n) is 8.94. The Morgan fingerprint density at radius 1 is 1.07 bits per heavy atom. The van der Waals surface area contributed by atoms with E-state index in [0.717, 1.165) is 0 Å². The summed E-state index contributed by atoms with van der Waals surface area (Å²) in [7, 11) is -2.46. The second kappa shape index (κ2) is 9.23. The molecule has 0 saturated carbocycles. The van der Waals surface area contributed by atoms with Gasteiger partial charge in [0.15, 0.2) is 0 Å². The molecule has 9 nitrogen and oxygen atoms in total. The first-order valence-corrected chi connectivity index (χ1v) is 10.4. The number of hydrogen-bond donors (Lipinski definition) is 2. The molecule has 1 heterocycles. The van der Waals surface area contributed by atoms with Gasteiger partial charge in [0.05, 0.1) is 18.6 Å². The van der Waals surface area contributed by atoms with Crippen LogP contribution in [0.4, 0.5) is 11.5 Å². The Bertz CT molecular complexity index is 1130. The maximum Gasteiger partial charge on any atom is 0.263 e. The minimum Gasteiger partial charge on any atom is -0.494 e. The van der Waals surface area contributed by atoms with E-state index in [1.54, 1.807) is 24.3 Å². The number of aromatic nitrogens is 2. The van der Waals surface area contributed by atoms with Gasteiger partial charge in [-0.3, -0.25) is 9.52 Å². The highest BCUT2D eigenvalue weighted by molar-refractivity contribution is 7.92. The Morgan fingerprint density at radius 2 is 1.83 bits per heavy atom. The first-order chi connectivity index (χ1) is 14.4. The predicted molar refractivity (Wildman–Crippen MR) is 111 cm³/mol. The van der Waals surface area contributed by atoms with E-state index in [9.17, 15) is 13.2 Å². The van der Waals surface area contributed by atoms with Gasteiger partial charge in [-0.05, 0) is 49.4 Å². The Hall–Kier alpha value is -3.66. The van der Waals surface area contributed by atoms with Crippen LogP contribution in [-0.4, -0.2) is 38.0 Å². The lowest BCUT2D eigenvalue weighted by atomic mass is 10.2. The number of nitrogens with one attached hydrogen (secondary N) is 2. The number of benzene rings is 2. The van der Waals surface area contributed by atoms with E-state index in [1.807, 2.05) is 6.92 Å². The van der Waals surface area contributed by atoms with Crippen LogP contribution in [0.3, 0.4) is 0 Å². The van der Waals surface area contributed by atoms with Gasteiger partial charge < -0.3 is 14.8 Å². The number of methoxy groups -OCH3 is 1. The standard InChI is InChI=1S/C20H20N4O5S/c1-3-29-16-6-4-5-14(11-16)20(25)23-15-7-9-17(10-8-15)30(26,27)24-18-12-19(28-2)22-13-21-18/h4-13H,3H2,1-2H3,(H,23,25)(H,21,22,24). The second-order valence-electron chi connectivity index (χ2n) is 5.99. The maximum atomic E-state index is 12.5. The van der Waals surface area contributed by atoms with Crippen LogP contribution in [0.25, 0.3) is 0 Å². The van der Waals surface area contributed by atoms with Gasteiger partial charge in [0, 0.05) is 17.3 Å². The average molecular weight is 428 g/mol. The summed E-state index contributed by atoms with van der Waals surface area (Å²) in [5.74, 6) is 0.569. The molecule has 30 heavy (non-hydrogen) atoms. The highest BCUT2D eigenvalue weighted by Gasteiger charge is 2.16. The lowest BCUT2D eigenvalue weighted by Gasteiger charge is -2.10. The topological polar surface area (TPSA) is 120 Å². The molecule has 1 aromatic heterocycles. The van der Waals surface area contributed by atoms with Gasteiger partial charge in [-0.25, -0.2) is 18.4 Å². The fraction of sp³-hybridized carbons (Fsp3) is 0.150. The summed E-state index contributed by atoms with van der Waals surface area (Å²) in [4.78, 5) is 20.1. The molecule has 0 radical (unpaired) electrons. The fourth-order valence-corrected chi connectivity index (χ4v) is 3.52. The summed E-state index contributed by atoms with van der Waals surface area (Å²) >= 11 is 0. The lowest BCUT2D eigenvalue weighted by Crippen LogP contribution is -2.15. The number of carbonyl (C=O) groups is 1. The molecule has 0 saturated heterocycles. The summed E-state index contributed by atoms with van der Waals surface area (Å²) < 4.78 is 37.8. The van der Waals surface area contributed by atoms with Crippen LogP contribution < -0.4 is 19.5 Å². The third-order valence-corrected chi connectivity index (χ3v) is 5.29. The second-order valence-corrected chi connectivity index (χ2v) is 7.67. The van der Waals surface area contributed by atoms with Crippen molar-refractivity contribution in [3.63, 3.8) is 0 Å². The van der Waals surface area contributed by atoms with Crippen LogP contribution in [-0.2, 0) is 10.0 Å². The van der Waals surface area contributed by atoms with Crippen molar-refractivity contribution in [3.8, 4) is 11.6 Å². The number of anilines is 2. The van der Waals surface area contributed by atoms with Gasteiger partial charge in [-0.1, -0.05) is 6.07 Å². The zero-order valence-corrected chi connectivity index (χ0v) is 17.1. The van der Waals surface area contributed by atoms with Crippen LogP contribution in [0.1, 0.15) is 17.3 Å². The predicted octanol–water partition coefficient (Wildman–Crippen LogP) is 2.94. The van der Waals surface area contributed by atoms with Gasteiger partial charge in [0.2, 0.25) is 5.88 Å². The van der Waals surface area contributed by atoms with E-state index >= 15 is 0 Å². The zero-order chi connectivity index (χ0) is 21.6. The minimum atomic E-state index is -3.87. The maximum absolute atomic E-state index is 12.5. The van der Waals surface area contributed by atoms with Crippen LogP contribution in [0.5, 0.6) is 11.6 Å². The number of rotatable bonds is 8. The summed E-state index contributed by atoms with van der Waals surface area (Å²) in [5, 5.41) is 2.72. The third kappa shape index (κ3) is 5.23. The molecule has 2 aromatic carbocycles. The number of nitrogens with zero attached hydrogens (tertiary/aromatic N) is 2. The smallest absolute Gasteiger partial charge is 0.263 e. The number of amides is 1.